The van der Waals surface area contributed by atoms with Gasteiger partial charge in [-0.1, -0.05) is 0 Å². The molecule has 0 fully saturated rings. The third kappa shape index (κ3) is 2.19. The van der Waals surface area contributed by atoms with Gasteiger partial charge in [0, 0.05) is 5.69 Å². The van der Waals surface area contributed by atoms with Crippen LogP contribution in [0.4, 0.5) is 0 Å². The molecule has 1 aromatic rings. The van der Waals surface area contributed by atoms with Gasteiger partial charge in [-0.2, -0.15) is 0 Å². The van der Waals surface area contributed by atoms with Crippen molar-refractivity contribution in [2.75, 3.05) is 6.61 Å². The summed E-state index contributed by atoms with van der Waals surface area (Å²) in [5.41, 5.74) is 0.969. The highest BCUT2D eigenvalue weighted by Gasteiger charge is 2.00. The number of pyridine rings is 1. The van der Waals surface area contributed by atoms with Crippen LogP contribution in [0.2, 0.25) is 0 Å². The van der Waals surface area contributed by atoms with E-state index in [0.717, 1.165) is 10.2 Å². The van der Waals surface area contributed by atoms with E-state index in [0.29, 0.717) is 12.5 Å². The third-order valence-electron chi connectivity index (χ3n) is 1.23. The molecule has 0 unspecified atom stereocenters. The van der Waals surface area contributed by atoms with Crippen LogP contribution in [0, 0.1) is 6.92 Å². The van der Waals surface area contributed by atoms with Crippen molar-refractivity contribution >= 4 is 15.9 Å². The maximum Gasteiger partial charge on any atom is 0.228 e. The van der Waals surface area contributed by atoms with E-state index in [4.69, 9.17) is 4.74 Å². The molecule has 1 aromatic heterocycles. The monoisotopic (exact) mass is 215 g/mol. The first-order valence-corrected chi connectivity index (χ1v) is 4.29. The van der Waals surface area contributed by atoms with Gasteiger partial charge in [-0.25, -0.2) is 4.98 Å². The van der Waals surface area contributed by atoms with Gasteiger partial charge in [0.25, 0.3) is 0 Å². The Morgan fingerprint density at radius 2 is 2.27 bits per heavy atom. The molecule has 0 aliphatic carbocycles. The zero-order chi connectivity index (χ0) is 8.27. The maximum absolute atomic E-state index is 5.26. The summed E-state index contributed by atoms with van der Waals surface area (Å²) >= 11 is 3.34. The quantitative estimate of drug-likeness (QED) is 0.757. The predicted molar refractivity (Wildman–Crippen MR) is 47.8 cm³/mol. The van der Waals surface area contributed by atoms with E-state index in [2.05, 4.69) is 20.9 Å². The molecule has 0 amide bonds. The standard InChI is InChI=1S/C8H10BrNO/c1-3-11-8-7(9)5-4-6(2)10-8/h4-5H,3H2,1-2H3. The van der Waals surface area contributed by atoms with Gasteiger partial charge in [0.15, 0.2) is 0 Å². The largest absolute Gasteiger partial charge is 0.477 e. The average Bonchev–Trinajstić information content (AvgIpc) is 1.98. The highest BCUT2D eigenvalue weighted by atomic mass is 79.9. The number of hydrogen-bond acceptors (Lipinski definition) is 2. The van der Waals surface area contributed by atoms with Crippen molar-refractivity contribution in [1.29, 1.82) is 0 Å². The van der Waals surface area contributed by atoms with Gasteiger partial charge in [0.05, 0.1) is 11.1 Å². The Morgan fingerprint density at radius 3 is 2.91 bits per heavy atom. The van der Waals surface area contributed by atoms with E-state index in [1.54, 1.807) is 0 Å². The van der Waals surface area contributed by atoms with Crippen molar-refractivity contribution in [1.82, 2.24) is 4.98 Å². The Hall–Kier alpha value is -0.570. The van der Waals surface area contributed by atoms with E-state index in [-0.39, 0.29) is 0 Å². The van der Waals surface area contributed by atoms with Gasteiger partial charge in [0.2, 0.25) is 5.88 Å². The second-order valence-corrected chi connectivity index (χ2v) is 3.03. The molecule has 60 valence electrons. The van der Waals surface area contributed by atoms with Crippen LogP contribution < -0.4 is 4.74 Å². The van der Waals surface area contributed by atoms with Crippen LogP contribution in [0.25, 0.3) is 0 Å². The fraction of sp³-hybridized carbons (Fsp3) is 0.375. The van der Waals surface area contributed by atoms with Crippen LogP contribution in [0.3, 0.4) is 0 Å². The molecule has 0 saturated heterocycles. The number of aromatic nitrogens is 1. The normalized spacial score (nSPS) is 9.73. The topological polar surface area (TPSA) is 22.1 Å². The van der Waals surface area contributed by atoms with Crippen LogP contribution in [-0.4, -0.2) is 11.6 Å². The number of hydrogen-bond donors (Lipinski definition) is 0. The Bertz CT molecular complexity index is 250. The number of aryl methyl sites for hydroxylation is 1. The smallest absolute Gasteiger partial charge is 0.228 e. The van der Waals surface area contributed by atoms with Crippen molar-refractivity contribution in [2.24, 2.45) is 0 Å². The van der Waals surface area contributed by atoms with Crippen LogP contribution in [0.5, 0.6) is 5.88 Å². The lowest BCUT2D eigenvalue weighted by molar-refractivity contribution is 0.324. The SMILES string of the molecule is CCOc1nc(C)ccc1Br. The molecule has 0 aromatic carbocycles. The molecule has 0 aliphatic rings. The van der Waals surface area contributed by atoms with Crippen molar-refractivity contribution < 1.29 is 4.74 Å². The first kappa shape index (κ1) is 8.53. The van der Waals surface area contributed by atoms with E-state index in [1.165, 1.54) is 0 Å². The van der Waals surface area contributed by atoms with Gasteiger partial charge >= 0.3 is 0 Å². The molecule has 0 spiro atoms. The molecule has 0 bridgehead atoms. The molecular weight excluding hydrogens is 206 g/mol. The zero-order valence-corrected chi connectivity index (χ0v) is 8.18. The summed E-state index contributed by atoms with van der Waals surface area (Å²) in [6, 6.07) is 3.87. The lowest BCUT2D eigenvalue weighted by Gasteiger charge is -2.03. The maximum atomic E-state index is 5.26. The second kappa shape index (κ2) is 3.72. The van der Waals surface area contributed by atoms with E-state index < -0.39 is 0 Å². The van der Waals surface area contributed by atoms with Crippen molar-refractivity contribution in [3.05, 3.63) is 22.3 Å². The molecule has 1 rings (SSSR count). The van der Waals surface area contributed by atoms with E-state index >= 15 is 0 Å². The predicted octanol–water partition coefficient (Wildman–Crippen LogP) is 2.55. The fourth-order valence-electron chi connectivity index (χ4n) is 0.754. The highest BCUT2D eigenvalue weighted by molar-refractivity contribution is 9.10. The molecule has 11 heavy (non-hydrogen) atoms. The minimum Gasteiger partial charge on any atom is -0.477 e. The summed E-state index contributed by atoms with van der Waals surface area (Å²) in [6.07, 6.45) is 0. The second-order valence-electron chi connectivity index (χ2n) is 2.17. The van der Waals surface area contributed by atoms with Crippen LogP contribution in [-0.2, 0) is 0 Å². The molecule has 1 heterocycles. The molecule has 0 aliphatic heterocycles. The molecule has 3 heteroatoms. The van der Waals surface area contributed by atoms with E-state index in [9.17, 15) is 0 Å². The van der Waals surface area contributed by atoms with Gasteiger partial charge < -0.3 is 4.74 Å². The summed E-state index contributed by atoms with van der Waals surface area (Å²) in [5.74, 6) is 0.674. The first-order valence-electron chi connectivity index (χ1n) is 3.50. The van der Waals surface area contributed by atoms with Crippen molar-refractivity contribution in [3.8, 4) is 5.88 Å². The summed E-state index contributed by atoms with van der Waals surface area (Å²) in [7, 11) is 0. The first-order chi connectivity index (χ1) is 5.24. The molecule has 0 N–H and O–H groups in total. The zero-order valence-electron chi connectivity index (χ0n) is 6.60. The number of nitrogens with zero attached hydrogens (tertiary/aromatic N) is 1. The van der Waals surface area contributed by atoms with Gasteiger partial charge in [0.1, 0.15) is 0 Å². The number of halogens is 1. The molecular formula is C8H10BrNO. The molecule has 0 saturated carbocycles. The van der Waals surface area contributed by atoms with E-state index in [1.807, 2.05) is 26.0 Å². The Balaban J connectivity index is 2.93. The lowest BCUT2D eigenvalue weighted by atomic mass is 10.4. The molecule has 0 radical (unpaired) electrons. The lowest BCUT2D eigenvalue weighted by Crippen LogP contribution is -1.96. The third-order valence-corrected chi connectivity index (χ3v) is 1.84. The van der Waals surface area contributed by atoms with Gasteiger partial charge in [-0.05, 0) is 41.9 Å². The average molecular weight is 216 g/mol. The minimum atomic E-state index is 0.648. The molecule has 0 atom stereocenters. The van der Waals surface area contributed by atoms with Crippen LogP contribution >= 0.6 is 15.9 Å². The number of rotatable bonds is 2. The molecule has 2 nitrogen and oxygen atoms in total. The van der Waals surface area contributed by atoms with Crippen molar-refractivity contribution in [3.63, 3.8) is 0 Å². The Morgan fingerprint density at radius 1 is 1.55 bits per heavy atom. The Labute approximate surface area is 74.7 Å². The Kier molecular flexibility index (Phi) is 2.88. The van der Waals surface area contributed by atoms with Crippen LogP contribution in [0.15, 0.2) is 16.6 Å². The van der Waals surface area contributed by atoms with Gasteiger partial charge in [-0.15, -0.1) is 0 Å². The summed E-state index contributed by atoms with van der Waals surface area (Å²) < 4.78 is 6.17. The van der Waals surface area contributed by atoms with Gasteiger partial charge in [-0.3, -0.25) is 0 Å². The minimum absolute atomic E-state index is 0.648. The summed E-state index contributed by atoms with van der Waals surface area (Å²) in [6.45, 7) is 4.53. The summed E-state index contributed by atoms with van der Waals surface area (Å²) in [4.78, 5) is 4.19. The van der Waals surface area contributed by atoms with Crippen LogP contribution in [0.1, 0.15) is 12.6 Å². The highest BCUT2D eigenvalue weighted by Crippen LogP contribution is 2.21. The fourth-order valence-corrected chi connectivity index (χ4v) is 1.09. The number of ether oxygens (including phenoxy) is 1. The van der Waals surface area contributed by atoms with Crippen molar-refractivity contribution in [2.45, 2.75) is 13.8 Å². The summed E-state index contributed by atoms with van der Waals surface area (Å²) in [5, 5.41) is 0.